The predicted molar refractivity (Wildman–Crippen MR) is 98.3 cm³/mol. The van der Waals surface area contributed by atoms with E-state index in [2.05, 4.69) is 6.58 Å². The smallest absolute Gasteiger partial charge is 0.344 e. The van der Waals surface area contributed by atoms with Crippen LogP contribution >= 0.6 is 0 Å². The van der Waals surface area contributed by atoms with E-state index in [1.54, 1.807) is 24.3 Å². The van der Waals surface area contributed by atoms with Crippen molar-refractivity contribution in [2.45, 2.75) is 6.42 Å². The minimum atomic E-state index is -0.935. The van der Waals surface area contributed by atoms with Crippen molar-refractivity contribution < 1.29 is 32.6 Å². The molecule has 0 saturated heterocycles. The molecule has 2 rings (SSSR count). The number of allylic oxidation sites excluding steroid dienone is 1. The summed E-state index contributed by atoms with van der Waals surface area (Å²) in [6.07, 6.45) is 2.39. The van der Waals surface area contributed by atoms with Crippen LogP contribution < -0.4 is 14.8 Å². The zero-order chi connectivity index (χ0) is 20.5. The van der Waals surface area contributed by atoms with E-state index < -0.39 is 42.4 Å². The fourth-order valence-corrected chi connectivity index (χ4v) is 2.24. The summed E-state index contributed by atoms with van der Waals surface area (Å²) in [5.74, 6) is -2.83. The van der Waals surface area contributed by atoms with Crippen molar-refractivity contribution in [3.63, 3.8) is 0 Å². The summed E-state index contributed by atoms with van der Waals surface area (Å²) in [7, 11) is 1.46. The van der Waals surface area contributed by atoms with Crippen LogP contribution in [0.4, 0.5) is 14.5 Å². The van der Waals surface area contributed by atoms with E-state index in [0.717, 1.165) is 23.8 Å². The molecule has 0 saturated carbocycles. The quantitative estimate of drug-likeness (QED) is 0.525. The number of hydrogen-bond acceptors (Lipinski definition) is 5. The average molecular weight is 391 g/mol. The van der Waals surface area contributed by atoms with Crippen molar-refractivity contribution in [1.29, 1.82) is 0 Å². The lowest BCUT2D eigenvalue weighted by Crippen LogP contribution is -2.24. The van der Waals surface area contributed by atoms with Crippen LogP contribution in [-0.2, 0) is 20.7 Å². The second-order valence-electron chi connectivity index (χ2n) is 5.57. The molecule has 0 heterocycles. The number of rotatable bonds is 9. The van der Waals surface area contributed by atoms with E-state index in [1.807, 2.05) is 5.32 Å². The van der Waals surface area contributed by atoms with E-state index >= 15 is 0 Å². The maximum atomic E-state index is 13.5. The third kappa shape index (κ3) is 5.80. The third-order valence-corrected chi connectivity index (χ3v) is 3.55. The highest BCUT2D eigenvalue weighted by molar-refractivity contribution is 5.93. The van der Waals surface area contributed by atoms with Crippen molar-refractivity contribution in [3.05, 3.63) is 66.3 Å². The molecule has 0 radical (unpaired) electrons. The lowest BCUT2D eigenvalue weighted by molar-refractivity contribution is -0.149. The van der Waals surface area contributed by atoms with E-state index in [0.29, 0.717) is 17.9 Å². The number of amides is 1. The van der Waals surface area contributed by atoms with Gasteiger partial charge < -0.3 is 19.5 Å². The number of esters is 1. The van der Waals surface area contributed by atoms with Gasteiger partial charge in [0.1, 0.15) is 17.3 Å². The van der Waals surface area contributed by atoms with Crippen LogP contribution in [0.25, 0.3) is 0 Å². The summed E-state index contributed by atoms with van der Waals surface area (Å²) in [5.41, 5.74) is 0.350. The van der Waals surface area contributed by atoms with Crippen LogP contribution in [0, 0.1) is 11.6 Å². The zero-order valence-electron chi connectivity index (χ0n) is 15.2. The Bertz CT molecular complexity index is 849. The molecule has 6 nitrogen and oxygen atoms in total. The van der Waals surface area contributed by atoms with Crippen LogP contribution in [0.1, 0.15) is 5.56 Å². The number of anilines is 1. The fourth-order valence-electron chi connectivity index (χ4n) is 2.24. The van der Waals surface area contributed by atoms with E-state index in [9.17, 15) is 18.4 Å². The molecule has 1 N–H and O–H groups in total. The first-order valence-electron chi connectivity index (χ1n) is 8.24. The Morgan fingerprint density at radius 2 is 1.82 bits per heavy atom. The normalized spacial score (nSPS) is 10.1. The molecule has 0 bridgehead atoms. The van der Waals surface area contributed by atoms with Crippen molar-refractivity contribution in [1.82, 2.24) is 0 Å². The fraction of sp³-hybridized carbons (Fsp3) is 0.200. The van der Waals surface area contributed by atoms with Gasteiger partial charge in [-0.1, -0.05) is 18.2 Å². The SMILES string of the molecule is C=CCc1ccc(OCC(=O)OCC(=O)Nc2c(F)cccc2F)c(OC)c1. The number of ether oxygens (including phenoxy) is 3. The highest BCUT2D eigenvalue weighted by Crippen LogP contribution is 2.28. The standard InChI is InChI=1S/C20H19F2NO5/c1-3-5-13-8-9-16(17(10-13)26-2)27-12-19(25)28-11-18(24)23-20-14(21)6-4-7-15(20)22/h3-4,6-10H,1,5,11-12H2,2H3,(H,23,24). The molecular weight excluding hydrogens is 372 g/mol. The molecule has 2 aromatic rings. The summed E-state index contributed by atoms with van der Waals surface area (Å²) in [4.78, 5) is 23.5. The van der Waals surface area contributed by atoms with Crippen molar-refractivity contribution in [2.24, 2.45) is 0 Å². The molecule has 0 aromatic heterocycles. The van der Waals surface area contributed by atoms with Gasteiger partial charge in [0.15, 0.2) is 24.7 Å². The number of carbonyl (C=O) groups excluding carboxylic acids is 2. The molecule has 0 unspecified atom stereocenters. The monoisotopic (exact) mass is 391 g/mol. The molecule has 0 aliphatic carbocycles. The maximum Gasteiger partial charge on any atom is 0.344 e. The molecule has 2 aromatic carbocycles. The van der Waals surface area contributed by atoms with Crippen LogP contribution in [0.2, 0.25) is 0 Å². The zero-order valence-corrected chi connectivity index (χ0v) is 15.2. The summed E-state index contributed by atoms with van der Waals surface area (Å²) in [6.45, 7) is 2.47. The van der Waals surface area contributed by atoms with Gasteiger partial charge in [0, 0.05) is 0 Å². The Morgan fingerprint density at radius 3 is 2.46 bits per heavy atom. The van der Waals surface area contributed by atoms with Gasteiger partial charge >= 0.3 is 5.97 Å². The minimum Gasteiger partial charge on any atom is -0.493 e. The maximum absolute atomic E-state index is 13.5. The Kier molecular flexibility index (Phi) is 7.50. The molecular formula is C20H19F2NO5. The van der Waals surface area contributed by atoms with Crippen LogP contribution in [0.15, 0.2) is 49.1 Å². The van der Waals surface area contributed by atoms with Gasteiger partial charge in [-0.15, -0.1) is 6.58 Å². The van der Waals surface area contributed by atoms with Gasteiger partial charge in [0.05, 0.1) is 7.11 Å². The number of methoxy groups -OCH3 is 1. The second kappa shape index (κ2) is 10.1. The van der Waals surface area contributed by atoms with E-state index in [1.165, 1.54) is 7.11 Å². The van der Waals surface area contributed by atoms with E-state index in [4.69, 9.17) is 14.2 Å². The lowest BCUT2D eigenvalue weighted by Gasteiger charge is -2.12. The Labute approximate surface area is 160 Å². The Balaban J connectivity index is 1.84. The van der Waals surface area contributed by atoms with Gasteiger partial charge in [-0.05, 0) is 36.2 Å². The van der Waals surface area contributed by atoms with Gasteiger partial charge in [0.2, 0.25) is 0 Å². The predicted octanol–water partition coefficient (Wildman–Crippen LogP) is 3.26. The molecule has 0 spiro atoms. The van der Waals surface area contributed by atoms with Crippen molar-refractivity contribution in [2.75, 3.05) is 25.6 Å². The molecule has 0 atom stereocenters. The van der Waals surface area contributed by atoms with Crippen LogP contribution in [-0.4, -0.2) is 32.2 Å². The first kappa shape index (κ1) is 20.9. The summed E-state index contributed by atoms with van der Waals surface area (Å²) in [6, 6.07) is 8.33. The van der Waals surface area contributed by atoms with Gasteiger partial charge in [-0.2, -0.15) is 0 Å². The number of carbonyl (C=O) groups is 2. The average Bonchev–Trinajstić information content (AvgIpc) is 2.68. The number of hydrogen-bond donors (Lipinski definition) is 1. The Morgan fingerprint density at radius 1 is 1.11 bits per heavy atom. The Hall–Kier alpha value is -3.42. The highest BCUT2D eigenvalue weighted by Gasteiger charge is 2.14. The third-order valence-electron chi connectivity index (χ3n) is 3.55. The van der Waals surface area contributed by atoms with Gasteiger partial charge in [-0.3, -0.25) is 4.79 Å². The molecule has 0 aliphatic rings. The molecule has 0 aliphatic heterocycles. The minimum absolute atomic E-state index is 0.324. The highest BCUT2D eigenvalue weighted by atomic mass is 19.1. The van der Waals surface area contributed by atoms with Crippen LogP contribution in [0.3, 0.4) is 0 Å². The molecule has 148 valence electrons. The topological polar surface area (TPSA) is 73.9 Å². The summed E-state index contributed by atoms with van der Waals surface area (Å²) in [5, 5.41) is 2.01. The number of benzene rings is 2. The van der Waals surface area contributed by atoms with Crippen LogP contribution in [0.5, 0.6) is 11.5 Å². The molecule has 8 heteroatoms. The summed E-state index contributed by atoms with van der Waals surface area (Å²) < 4.78 is 42.2. The lowest BCUT2D eigenvalue weighted by atomic mass is 10.1. The molecule has 0 fully saturated rings. The number of nitrogens with one attached hydrogen (secondary N) is 1. The molecule has 28 heavy (non-hydrogen) atoms. The summed E-state index contributed by atoms with van der Waals surface area (Å²) >= 11 is 0. The second-order valence-corrected chi connectivity index (χ2v) is 5.57. The first-order valence-corrected chi connectivity index (χ1v) is 8.24. The number of para-hydroxylation sites is 1. The number of halogens is 2. The molecule has 1 amide bonds. The van der Waals surface area contributed by atoms with Gasteiger partial charge in [-0.25, -0.2) is 13.6 Å². The van der Waals surface area contributed by atoms with Crippen molar-refractivity contribution in [3.8, 4) is 11.5 Å². The van der Waals surface area contributed by atoms with E-state index in [-0.39, 0.29) is 0 Å². The van der Waals surface area contributed by atoms with Crippen molar-refractivity contribution >= 4 is 17.6 Å². The largest absolute Gasteiger partial charge is 0.493 e. The first-order chi connectivity index (χ1) is 13.4. The van der Waals surface area contributed by atoms with Gasteiger partial charge in [0.25, 0.3) is 5.91 Å².